The van der Waals surface area contributed by atoms with E-state index in [1.54, 1.807) is 4.68 Å². The van der Waals surface area contributed by atoms with Gasteiger partial charge in [0, 0.05) is 23.3 Å². The van der Waals surface area contributed by atoms with E-state index in [2.05, 4.69) is 39.3 Å². The van der Waals surface area contributed by atoms with Crippen molar-refractivity contribution in [2.24, 2.45) is 7.05 Å². The Morgan fingerprint density at radius 1 is 1.12 bits per heavy atom. The van der Waals surface area contributed by atoms with Crippen molar-refractivity contribution in [1.29, 1.82) is 0 Å². The fourth-order valence-corrected chi connectivity index (χ4v) is 3.13. The molecule has 0 unspecified atom stereocenters. The van der Waals surface area contributed by atoms with Gasteiger partial charge in [0.15, 0.2) is 5.82 Å². The molecule has 4 rings (SSSR count). The van der Waals surface area contributed by atoms with E-state index in [1.165, 1.54) is 0 Å². The maximum Gasteiger partial charge on any atom is 0.214 e. The Morgan fingerprint density at radius 2 is 1.92 bits per heavy atom. The minimum atomic E-state index is 0.595. The van der Waals surface area contributed by atoms with Crippen LogP contribution in [0.4, 0.5) is 17.5 Å². The van der Waals surface area contributed by atoms with Gasteiger partial charge in [-0.3, -0.25) is 9.25 Å². The van der Waals surface area contributed by atoms with Gasteiger partial charge in [0.25, 0.3) is 0 Å². The third-order valence-electron chi connectivity index (χ3n) is 4.14. The Balaban J connectivity index is 1.91. The highest BCUT2D eigenvalue weighted by molar-refractivity contribution is 9.10. The highest BCUT2D eigenvalue weighted by atomic mass is 79.9. The summed E-state index contributed by atoms with van der Waals surface area (Å²) in [4.78, 5) is 4.74. The Bertz CT molecular complexity index is 1060. The van der Waals surface area contributed by atoms with Crippen molar-refractivity contribution in [2.45, 2.75) is 6.92 Å². The molecule has 0 spiro atoms. The minimum absolute atomic E-state index is 0.595. The maximum absolute atomic E-state index is 5.98. The first-order valence-electron chi connectivity index (χ1n) is 7.83. The van der Waals surface area contributed by atoms with Crippen LogP contribution in [-0.2, 0) is 7.05 Å². The van der Waals surface area contributed by atoms with Crippen molar-refractivity contribution in [3.63, 3.8) is 0 Å². The molecule has 6 nitrogen and oxygen atoms in total. The van der Waals surface area contributed by atoms with E-state index in [4.69, 9.17) is 10.7 Å². The number of aryl methyl sites for hydroxylation is 2. The lowest BCUT2D eigenvalue weighted by Gasteiger charge is -2.11. The topological polar surface area (TPSA) is 73.7 Å². The molecule has 2 heterocycles. The Morgan fingerprint density at radius 3 is 2.68 bits per heavy atom. The van der Waals surface area contributed by atoms with Crippen LogP contribution >= 0.6 is 15.9 Å². The van der Waals surface area contributed by atoms with Crippen molar-refractivity contribution in [3.8, 4) is 5.82 Å². The average Bonchev–Trinajstić information content (AvgIpc) is 3.10. The number of halogens is 1. The summed E-state index contributed by atoms with van der Waals surface area (Å²) in [5.74, 6) is 2.02. The smallest absolute Gasteiger partial charge is 0.214 e. The molecule has 2 aromatic heterocycles. The van der Waals surface area contributed by atoms with Crippen LogP contribution in [-0.4, -0.2) is 19.3 Å². The van der Waals surface area contributed by atoms with Gasteiger partial charge in [0.1, 0.15) is 5.82 Å². The van der Waals surface area contributed by atoms with E-state index in [9.17, 15) is 0 Å². The minimum Gasteiger partial charge on any atom is -0.384 e. The zero-order valence-electron chi connectivity index (χ0n) is 13.9. The summed E-state index contributed by atoms with van der Waals surface area (Å²) >= 11 is 3.52. The normalized spacial score (nSPS) is 11.2. The molecule has 0 fully saturated rings. The first-order chi connectivity index (χ1) is 12.0. The summed E-state index contributed by atoms with van der Waals surface area (Å²) in [6.45, 7) is 2.06. The lowest BCUT2D eigenvalue weighted by atomic mass is 10.2. The van der Waals surface area contributed by atoms with E-state index in [-0.39, 0.29) is 0 Å². The van der Waals surface area contributed by atoms with Gasteiger partial charge >= 0.3 is 0 Å². The first kappa shape index (κ1) is 15.7. The lowest BCUT2D eigenvalue weighted by Crippen LogP contribution is -2.04. The second kappa shape index (κ2) is 5.93. The summed E-state index contributed by atoms with van der Waals surface area (Å²) in [6.07, 6.45) is 0. The van der Waals surface area contributed by atoms with Crippen LogP contribution in [0.5, 0.6) is 0 Å². The number of rotatable bonds is 3. The highest BCUT2D eigenvalue weighted by Gasteiger charge is 2.16. The third kappa shape index (κ3) is 2.76. The van der Waals surface area contributed by atoms with Crippen LogP contribution in [0.15, 0.2) is 53.0 Å². The third-order valence-corrected chi connectivity index (χ3v) is 4.63. The van der Waals surface area contributed by atoms with E-state index < -0.39 is 0 Å². The number of para-hydroxylation sites is 2. The van der Waals surface area contributed by atoms with Gasteiger partial charge in [0.2, 0.25) is 5.95 Å². The molecular weight excluding hydrogens is 380 g/mol. The number of anilines is 3. The Labute approximate surface area is 153 Å². The molecule has 0 saturated carbocycles. The van der Waals surface area contributed by atoms with E-state index in [1.807, 2.05) is 54.1 Å². The number of benzene rings is 2. The van der Waals surface area contributed by atoms with Gasteiger partial charge < -0.3 is 11.1 Å². The molecule has 25 heavy (non-hydrogen) atoms. The van der Waals surface area contributed by atoms with Crippen molar-refractivity contribution in [2.75, 3.05) is 11.1 Å². The molecule has 0 amide bonds. The van der Waals surface area contributed by atoms with Crippen molar-refractivity contribution < 1.29 is 0 Å². The largest absolute Gasteiger partial charge is 0.384 e. The van der Waals surface area contributed by atoms with Crippen LogP contribution in [0.2, 0.25) is 0 Å². The fraction of sp³-hybridized carbons (Fsp3) is 0.111. The molecule has 126 valence electrons. The summed E-state index contributed by atoms with van der Waals surface area (Å²) < 4.78 is 4.63. The summed E-state index contributed by atoms with van der Waals surface area (Å²) in [7, 11) is 1.82. The molecule has 2 aromatic carbocycles. The first-order valence-corrected chi connectivity index (χ1v) is 8.63. The number of nitrogens with two attached hydrogens (primary N) is 1. The quantitative estimate of drug-likeness (QED) is 0.545. The van der Waals surface area contributed by atoms with Gasteiger partial charge in [-0.25, -0.2) is 4.98 Å². The molecule has 4 aromatic rings. The standard InChI is InChI=1S/C18H17BrN6/c1-11-7-8-12(19)9-14(11)22-18-21-13-5-3-4-6-15(13)25(18)17-10-16(20)24(2)23-17/h3-10H,20H2,1-2H3,(H,21,22). The summed E-state index contributed by atoms with van der Waals surface area (Å²) in [5.41, 5.74) is 9.94. The lowest BCUT2D eigenvalue weighted by molar-refractivity contribution is 0.764. The van der Waals surface area contributed by atoms with Gasteiger partial charge in [-0.15, -0.1) is 0 Å². The SMILES string of the molecule is Cc1ccc(Br)cc1Nc1nc2ccccc2n1-c1cc(N)n(C)n1. The average molecular weight is 397 g/mol. The molecule has 0 saturated heterocycles. The molecule has 0 atom stereocenters. The predicted octanol–water partition coefficient (Wildman–Crippen LogP) is 4.16. The molecule has 0 aliphatic rings. The van der Waals surface area contributed by atoms with Gasteiger partial charge in [-0.2, -0.15) is 5.10 Å². The van der Waals surface area contributed by atoms with Crippen LogP contribution in [0.1, 0.15) is 5.56 Å². The number of imidazole rings is 1. The monoisotopic (exact) mass is 396 g/mol. The second-order valence-corrected chi connectivity index (χ2v) is 6.81. The van der Waals surface area contributed by atoms with Gasteiger partial charge in [0.05, 0.1) is 11.0 Å². The molecule has 7 heteroatoms. The van der Waals surface area contributed by atoms with E-state index >= 15 is 0 Å². The van der Waals surface area contributed by atoms with Crippen LogP contribution in [0, 0.1) is 6.92 Å². The number of aromatic nitrogens is 4. The Kier molecular flexibility index (Phi) is 3.73. The van der Waals surface area contributed by atoms with Crippen LogP contribution in [0.3, 0.4) is 0 Å². The number of fused-ring (bicyclic) bond motifs is 1. The zero-order chi connectivity index (χ0) is 17.6. The fourth-order valence-electron chi connectivity index (χ4n) is 2.77. The molecule has 3 N–H and O–H groups in total. The van der Waals surface area contributed by atoms with Gasteiger partial charge in [-0.1, -0.05) is 34.1 Å². The number of hydrogen-bond acceptors (Lipinski definition) is 4. The van der Waals surface area contributed by atoms with Crippen molar-refractivity contribution in [3.05, 3.63) is 58.6 Å². The molecule has 0 bridgehead atoms. The molecule has 0 aliphatic heterocycles. The number of nitrogens with zero attached hydrogens (tertiary/aromatic N) is 4. The predicted molar refractivity (Wildman–Crippen MR) is 104 cm³/mol. The summed E-state index contributed by atoms with van der Waals surface area (Å²) in [6, 6.07) is 15.9. The number of nitrogen functional groups attached to an aromatic ring is 1. The highest BCUT2D eigenvalue weighted by Crippen LogP contribution is 2.29. The van der Waals surface area contributed by atoms with Crippen LogP contribution in [0.25, 0.3) is 16.9 Å². The van der Waals surface area contributed by atoms with Crippen LogP contribution < -0.4 is 11.1 Å². The maximum atomic E-state index is 5.98. The zero-order valence-corrected chi connectivity index (χ0v) is 15.4. The van der Waals surface area contributed by atoms with E-state index in [0.29, 0.717) is 11.8 Å². The molecular formula is C18H17BrN6. The van der Waals surface area contributed by atoms with Crippen molar-refractivity contribution in [1.82, 2.24) is 19.3 Å². The summed E-state index contributed by atoms with van der Waals surface area (Å²) in [5, 5.41) is 7.94. The Hall–Kier alpha value is -2.80. The van der Waals surface area contributed by atoms with E-state index in [0.717, 1.165) is 32.6 Å². The van der Waals surface area contributed by atoms with Gasteiger partial charge in [-0.05, 0) is 36.8 Å². The molecule has 0 aliphatic carbocycles. The number of nitrogens with one attached hydrogen (secondary N) is 1. The molecule has 0 radical (unpaired) electrons. The number of hydrogen-bond donors (Lipinski definition) is 2. The second-order valence-electron chi connectivity index (χ2n) is 5.89. The van der Waals surface area contributed by atoms with Crippen molar-refractivity contribution >= 4 is 44.4 Å².